The second kappa shape index (κ2) is 8.36. The minimum atomic E-state index is -4.43. The topological polar surface area (TPSA) is 77.2 Å². The van der Waals surface area contributed by atoms with Crippen LogP contribution < -0.4 is 15.8 Å². The van der Waals surface area contributed by atoms with Gasteiger partial charge in [-0.2, -0.15) is 13.2 Å². The monoisotopic (exact) mass is 353 g/mol. The molecular formula is C17H18F3N3O2. The molecule has 0 spiro atoms. The molecule has 1 heterocycles. The number of pyridine rings is 1. The van der Waals surface area contributed by atoms with Gasteiger partial charge in [0.15, 0.2) is 6.61 Å². The first kappa shape index (κ1) is 18.6. The first-order valence-corrected chi connectivity index (χ1v) is 7.58. The number of hydrogen-bond acceptors (Lipinski definition) is 4. The van der Waals surface area contributed by atoms with Crippen molar-refractivity contribution in [1.82, 2.24) is 10.3 Å². The van der Waals surface area contributed by atoms with Gasteiger partial charge in [0.05, 0.1) is 0 Å². The maximum Gasteiger partial charge on any atom is 0.422 e. The molecular weight excluding hydrogens is 335 g/mol. The van der Waals surface area contributed by atoms with E-state index in [-0.39, 0.29) is 24.8 Å². The van der Waals surface area contributed by atoms with Crippen LogP contribution >= 0.6 is 0 Å². The Balaban J connectivity index is 1.80. The number of nitrogens with one attached hydrogen (secondary N) is 1. The van der Waals surface area contributed by atoms with Gasteiger partial charge in [-0.1, -0.05) is 18.2 Å². The van der Waals surface area contributed by atoms with Gasteiger partial charge in [-0.3, -0.25) is 4.79 Å². The van der Waals surface area contributed by atoms with Crippen molar-refractivity contribution in [2.24, 2.45) is 0 Å². The van der Waals surface area contributed by atoms with Crippen molar-refractivity contribution in [1.29, 1.82) is 0 Å². The van der Waals surface area contributed by atoms with E-state index >= 15 is 0 Å². The van der Waals surface area contributed by atoms with Crippen molar-refractivity contribution in [3.05, 3.63) is 53.7 Å². The molecule has 5 nitrogen and oxygen atoms in total. The molecule has 2 rings (SSSR count). The van der Waals surface area contributed by atoms with Gasteiger partial charge in [-0.05, 0) is 29.7 Å². The van der Waals surface area contributed by atoms with Gasteiger partial charge in [0.1, 0.15) is 0 Å². The molecule has 0 aliphatic carbocycles. The second-order valence-electron chi connectivity index (χ2n) is 5.38. The number of aromatic nitrogens is 1. The highest BCUT2D eigenvalue weighted by Crippen LogP contribution is 2.17. The fourth-order valence-corrected chi connectivity index (χ4v) is 2.09. The molecule has 134 valence electrons. The molecule has 0 unspecified atom stereocenters. The third-order valence-corrected chi connectivity index (χ3v) is 3.35. The van der Waals surface area contributed by atoms with Crippen LogP contribution in [-0.2, 0) is 17.8 Å². The van der Waals surface area contributed by atoms with Gasteiger partial charge in [0, 0.05) is 30.9 Å². The first-order valence-electron chi connectivity index (χ1n) is 7.58. The summed E-state index contributed by atoms with van der Waals surface area (Å²) in [6, 6.07) is 10.3. The number of aryl methyl sites for hydroxylation is 1. The summed E-state index contributed by atoms with van der Waals surface area (Å²) in [5.74, 6) is -0.320. The Morgan fingerprint density at radius 1 is 1.24 bits per heavy atom. The molecule has 0 bridgehead atoms. The quantitative estimate of drug-likeness (QED) is 0.751. The number of nitrogens with two attached hydrogens (primary N) is 1. The summed E-state index contributed by atoms with van der Waals surface area (Å²) >= 11 is 0. The number of alkyl halides is 3. The van der Waals surface area contributed by atoms with Gasteiger partial charge in [-0.25, -0.2) is 4.98 Å². The number of carbonyl (C=O) groups excluding carboxylic acids is 1. The molecule has 0 saturated heterocycles. The molecule has 25 heavy (non-hydrogen) atoms. The van der Waals surface area contributed by atoms with Gasteiger partial charge >= 0.3 is 6.18 Å². The molecule has 0 aliphatic heterocycles. The average Bonchev–Trinajstić information content (AvgIpc) is 2.57. The zero-order valence-corrected chi connectivity index (χ0v) is 13.3. The van der Waals surface area contributed by atoms with E-state index in [0.717, 1.165) is 5.56 Å². The van der Waals surface area contributed by atoms with Gasteiger partial charge in [-0.15, -0.1) is 0 Å². The van der Waals surface area contributed by atoms with Gasteiger partial charge in [0.2, 0.25) is 11.8 Å². The van der Waals surface area contributed by atoms with Crippen LogP contribution in [0.1, 0.15) is 17.5 Å². The number of benzene rings is 1. The average molecular weight is 353 g/mol. The molecule has 0 aliphatic rings. The van der Waals surface area contributed by atoms with Crippen molar-refractivity contribution in [3.8, 4) is 5.88 Å². The molecule has 8 heteroatoms. The van der Waals surface area contributed by atoms with Crippen LogP contribution in [0.3, 0.4) is 0 Å². The van der Waals surface area contributed by atoms with Crippen LogP contribution in [0.25, 0.3) is 0 Å². The van der Waals surface area contributed by atoms with Crippen molar-refractivity contribution < 1.29 is 22.7 Å². The number of rotatable bonds is 7. The normalized spacial score (nSPS) is 11.2. The van der Waals surface area contributed by atoms with E-state index in [4.69, 9.17) is 5.73 Å². The highest BCUT2D eigenvalue weighted by Gasteiger charge is 2.28. The number of nitrogen functional groups attached to an aromatic ring is 1. The molecule has 1 aromatic carbocycles. The second-order valence-corrected chi connectivity index (χ2v) is 5.38. The lowest BCUT2D eigenvalue weighted by Crippen LogP contribution is -2.23. The number of ether oxygens (including phenoxy) is 1. The third kappa shape index (κ3) is 6.70. The number of para-hydroxylation sites is 1. The first-order chi connectivity index (χ1) is 11.8. The van der Waals surface area contributed by atoms with E-state index in [9.17, 15) is 18.0 Å². The molecule has 1 aromatic heterocycles. The number of nitrogens with zero attached hydrogens (tertiary/aromatic N) is 1. The lowest BCUT2D eigenvalue weighted by atomic mass is 10.1. The van der Waals surface area contributed by atoms with E-state index in [1.807, 2.05) is 18.2 Å². The minimum absolute atomic E-state index is 0.138. The minimum Gasteiger partial charge on any atom is -0.468 e. The predicted octanol–water partition coefficient (Wildman–Crippen LogP) is 2.85. The maximum absolute atomic E-state index is 12.1. The summed E-state index contributed by atoms with van der Waals surface area (Å²) < 4.78 is 41.0. The summed E-state index contributed by atoms with van der Waals surface area (Å²) in [4.78, 5) is 15.6. The van der Waals surface area contributed by atoms with Crippen LogP contribution in [0.2, 0.25) is 0 Å². The molecule has 0 saturated carbocycles. The lowest BCUT2D eigenvalue weighted by Gasteiger charge is -2.10. The molecule has 0 fully saturated rings. The molecule has 3 N–H and O–H groups in total. The van der Waals surface area contributed by atoms with Crippen LogP contribution in [0.4, 0.5) is 18.9 Å². The summed E-state index contributed by atoms with van der Waals surface area (Å²) in [6.07, 6.45) is -2.32. The van der Waals surface area contributed by atoms with E-state index < -0.39 is 12.8 Å². The Morgan fingerprint density at radius 2 is 2.00 bits per heavy atom. The number of hydrogen-bond donors (Lipinski definition) is 2. The molecule has 0 atom stereocenters. The van der Waals surface area contributed by atoms with E-state index in [2.05, 4.69) is 15.0 Å². The summed E-state index contributed by atoms with van der Waals surface area (Å²) in [5.41, 5.74) is 7.94. The van der Waals surface area contributed by atoms with Crippen LogP contribution in [-0.4, -0.2) is 23.7 Å². The van der Waals surface area contributed by atoms with Crippen molar-refractivity contribution in [2.45, 2.75) is 25.6 Å². The van der Waals surface area contributed by atoms with E-state index in [1.165, 1.54) is 12.3 Å². The van der Waals surface area contributed by atoms with Crippen LogP contribution in [0.5, 0.6) is 5.88 Å². The lowest BCUT2D eigenvalue weighted by molar-refractivity contribution is -0.154. The maximum atomic E-state index is 12.1. The highest BCUT2D eigenvalue weighted by atomic mass is 19.4. The van der Waals surface area contributed by atoms with Gasteiger partial charge < -0.3 is 15.8 Å². The van der Waals surface area contributed by atoms with Crippen molar-refractivity contribution in [2.75, 3.05) is 12.3 Å². The van der Waals surface area contributed by atoms with Crippen molar-refractivity contribution >= 4 is 11.6 Å². The molecule has 1 amide bonds. The fraction of sp³-hybridized carbons (Fsp3) is 0.294. The molecule has 0 radical (unpaired) electrons. The van der Waals surface area contributed by atoms with Crippen LogP contribution in [0, 0.1) is 0 Å². The van der Waals surface area contributed by atoms with Crippen molar-refractivity contribution in [3.63, 3.8) is 0 Å². The summed E-state index contributed by atoms with van der Waals surface area (Å²) in [7, 11) is 0. The largest absolute Gasteiger partial charge is 0.468 e. The Hall–Kier alpha value is -2.77. The summed E-state index contributed by atoms with van der Waals surface area (Å²) in [5, 5.41) is 2.70. The Kier molecular flexibility index (Phi) is 6.21. The third-order valence-electron chi connectivity index (χ3n) is 3.35. The number of amides is 1. The van der Waals surface area contributed by atoms with E-state index in [0.29, 0.717) is 17.7 Å². The SMILES string of the molecule is Nc1ccccc1CCC(=O)NCc1ccnc(OCC(F)(F)F)c1. The fourth-order valence-electron chi connectivity index (χ4n) is 2.09. The summed E-state index contributed by atoms with van der Waals surface area (Å²) in [6.45, 7) is -1.23. The number of anilines is 1. The number of halogens is 3. The Bertz CT molecular complexity index is 720. The van der Waals surface area contributed by atoms with Gasteiger partial charge in [0.25, 0.3) is 0 Å². The Morgan fingerprint density at radius 3 is 2.72 bits per heavy atom. The number of carbonyl (C=O) groups is 1. The zero-order chi connectivity index (χ0) is 18.3. The van der Waals surface area contributed by atoms with E-state index in [1.54, 1.807) is 12.1 Å². The highest BCUT2D eigenvalue weighted by molar-refractivity contribution is 5.76. The zero-order valence-electron chi connectivity index (χ0n) is 13.3. The molecule has 2 aromatic rings. The van der Waals surface area contributed by atoms with Crippen LogP contribution in [0.15, 0.2) is 42.6 Å². The standard InChI is InChI=1S/C17H18F3N3O2/c18-17(19,20)11-25-16-9-12(7-8-22-16)10-23-15(24)6-5-13-3-1-2-4-14(13)21/h1-4,7-9H,5-6,10-11,21H2,(H,23,24). The predicted molar refractivity (Wildman–Crippen MR) is 86.8 cm³/mol. The Labute approximate surface area is 143 Å². The smallest absolute Gasteiger partial charge is 0.422 e.